The predicted molar refractivity (Wildman–Crippen MR) is 161 cm³/mol. The number of nitrogens with zero attached hydrogens (tertiary/aromatic N) is 2. The van der Waals surface area contributed by atoms with Crippen LogP contribution in [0.2, 0.25) is 0 Å². The van der Waals surface area contributed by atoms with Gasteiger partial charge < -0.3 is 10.7 Å². The van der Waals surface area contributed by atoms with Crippen molar-refractivity contribution in [1.82, 2.24) is 14.9 Å². The van der Waals surface area contributed by atoms with Crippen LogP contribution in [0.4, 0.5) is 5.69 Å². The standard InChI is InChI=1S/C31H37N5O5S/c1-30(13-15-35(16-14-30)42(40,41)31(2)11-4-12-31)33-19-20(18-32)17-21-7-8-24-27-22(21)5-3-6-23(27)29(39)36(24)25-9-10-26(37)34-28(25)38/h3,5-8,18-19,25,32-33H,4,9-17H2,1-2H3,(H,34,37,38)/b20-19-,32-18?. The average molecular weight is 592 g/mol. The highest BCUT2D eigenvalue weighted by Crippen LogP contribution is 2.43. The lowest BCUT2D eigenvalue weighted by Crippen LogP contribution is -2.56. The Hall–Kier alpha value is -3.57. The second kappa shape index (κ2) is 10.3. The van der Waals surface area contributed by atoms with Crippen molar-refractivity contribution in [2.24, 2.45) is 0 Å². The molecule has 3 heterocycles. The molecule has 10 nitrogen and oxygen atoms in total. The Labute approximate surface area is 246 Å². The molecule has 42 heavy (non-hydrogen) atoms. The van der Waals surface area contributed by atoms with Crippen LogP contribution in [-0.2, 0) is 26.0 Å². The molecule has 1 unspecified atom stereocenters. The van der Waals surface area contributed by atoms with E-state index in [9.17, 15) is 22.8 Å². The molecule has 222 valence electrons. The molecule has 0 radical (unpaired) electrons. The summed E-state index contributed by atoms with van der Waals surface area (Å²) in [5, 5.41) is 15.6. The SMILES string of the molecule is CC1(N/C=C(\C=N)Cc2ccc3c4c(cccc24)C(=O)N3C2CCC(=O)NC2=O)CCN(S(=O)(=O)C2(C)CCC2)CC1. The number of benzene rings is 2. The summed E-state index contributed by atoms with van der Waals surface area (Å²) < 4.78 is 27.3. The fraction of sp³-hybridized carbons (Fsp3) is 0.484. The van der Waals surface area contributed by atoms with Gasteiger partial charge >= 0.3 is 0 Å². The number of amides is 3. The number of hydrogen-bond donors (Lipinski definition) is 3. The summed E-state index contributed by atoms with van der Waals surface area (Å²) in [4.78, 5) is 39.2. The highest BCUT2D eigenvalue weighted by Gasteiger charge is 2.49. The van der Waals surface area contributed by atoms with Gasteiger partial charge in [-0.15, -0.1) is 0 Å². The summed E-state index contributed by atoms with van der Waals surface area (Å²) in [6.07, 6.45) is 7.86. The molecule has 0 bridgehead atoms. The molecule has 3 aliphatic heterocycles. The van der Waals surface area contributed by atoms with Crippen LogP contribution in [0.5, 0.6) is 0 Å². The number of carbonyl (C=O) groups excluding carboxylic acids is 3. The third-order valence-electron chi connectivity index (χ3n) is 9.73. The number of allylic oxidation sites excluding steroid dienone is 1. The zero-order valence-electron chi connectivity index (χ0n) is 24.0. The second-order valence-electron chi connectivity index (χ2n) is 12.6. The summed E-state index contributed by atoms with van der Waals surface area (Å²) in [7, 11) is -3.31. The number of anilines is 1. The maximum absolute atomic E-state index is 13.4. The van der Waals surface area contributed by atoms with Crippen molar-refractivity contribution < 1.29 is 22.8 Å². The molecule has 11 heteroatoms. The first-order valence-electron chi connectivity index (χ1n) is 14.7. The first-order chi connectivity index (χ1) is 20.0. The number of hydrogen-bond acceptors (Lipinski definition) is 7. The summed E-state index contributed by atoms with van der Waals surface area (Å²) in [6.45, 7) is 4.90. The second-order valence-corrected chi connectivity index (χ2v) is 15.0. The van der Waals surface area contributed by atoms with Crippen LogP contribution in [-0.4, -0.2) is 66.1 Å². The van der Waals surface area contributed by atoms with Crippen LogP contribution >= 0.6 is 0 Å². The lowest BCUT2D eigenvalue weighted by molar-refractivity contribution is -0.134. The molecule has 2 saturated heterocycles. The zero-order valence-corrected chi connectivity index (χ0v) is 24.9. The molecule has 3 N–H and O–H groups in total. The van der Waals surface area contributed by atoms with E-state index in [2.05, 4.69) is 17.6 Å². The van der Waals surface area contributed by atoms with Gasteiger partial charge in [-0.1, -0.05) is 24.6 Å². The van der Waals surface area contributed by atoms with E-state index in [1.165, 1.54) is 11.1 Å². The van der Waals surface area contributed by atoms with Gasteiger partial charge in [-0.05, 0) is 74.6 Å². The summed E-state index contributed by atoms with van der Waals surface area (Å²) in [5.41, 5.74) is 2.59. The summed E-state index contributed by atoms with van der Waals surface area (Å²) in [6, 6.07) is 8.59. The van der Waals surface area contributed by atoms with E-state index in [4.69, 9.17) is 5.41 Å². The third kappa shape index (κ3) is 4.63. The lowest BCUT2D eigenvalue weighted by Gasteiger charge is -2.45. The molecule has 4 aliphatic rings. The van der Waals surface area contributed by atoms with Crippen LogP contribution in [0.1, 0.15) is 74.7 Å². The van der Waals surface area contributed by atoms with Crippen LogP contribution in [0.15, 0.2) is 42.1 Å². The van der Waals surface area contributed by atoms with Crippen molar-refractivity contribution in [2.75, 3.05) is 18.0 Å². The van der Waals surface area contributed by atoms with Crippen molar-refractivity contribution in [1.29, 1.82) is 5.41 Å². The number of sulfonamides is 1. The van der Waals surface area contributed by atoms with E-state index in [1.807, 2.05) is 37.4 Å². The number of imide groups is 1. The van der Waals surface area contributed by atoms with Gasteiger partial charge in [-0.2, -0.15) is 0 Å². The van der Waals surface area contributed by atoms with E-state index in [0.29, 0.717) is 43.6 Å². The van der Waals surface area contributed by atoms with Crippen molar-refractivity contribution in [3.8, 4) is 0 Å². The molecule has 0 spiro atoms. The fourth-order valence-corrected chi connectivity index (χ4v) is 8.79. The molecule has 0 aromatic heterocycles. The van der Waals surface area contributed by atoms with Crippen molar-refractivity contribution >= 4 is 50.4 Å². The van der Waals surface area contributed by atoms with Gasteiger partial charge in [-0.3, -0.25) is 24.6 Å². The molecule has 1 saturated carbocycles. The Morgan fingerprint density at radius 2 is 1.83 bits per heavy atom. The number of rotatable bonds is 8. The lowest BCUT2D eigenvalue weighted by atomic mass is 9.86. The minimum absolute atomic E-state index is 0.185. The average Bonchev–Trinajstić information content (AvgIpc) is 3.23. The third-order valence-corrected chi connectivity index (χ3v) is 12.4. The molecule has 3 fully saturated rings. The number of carbonyl (C=O) groups is 3. The molecule has 2 aromatic rings. The smallest absolute Gasteiger partial charge is 0.259 e. The minimum Gasteiger partial charge on any atom is -0.385 e. The van der Waals surface area contributed by atoms with Gasteiger partial charge in [0.2, 0.25) is 21.8 Å². The molecule has 6 rings (SSSR count). The number of piperidine rings is 2. The first-order valence-corrected chi connectivity index (χ1v) is 16.1. The predicted octanol–water partition coefficient (Wildman–Crippen LogP) is 3.40. The van der Waals surface area contributed by atoms with Gasteiger partial charge in [-0.25, -0.2) is 12.7 Å². The molecule has 3 amide bonds. The van der Waals surface area contributed by atoms with E-state index in [1.54, 1.807) is 10.4 Å². The highest BCUT2D eigenvalue weighted by molar-refractivity contribution is 7.90. The molecule has 1 atom stereocenters. The van der Waals surface area contributed by atoms with Gasteiger partial charge in [0.15, 0.2) is 0 Å². The molecular formula is C31H37N5O5S. The van der Waals surface area contributed by atoms with Gasteiger partial charge in [0.25, 0.3) is 5.91 Å². The first kappa shape index (κ1) is 28.5. The Bertz CT molecular complexity index is 1640. The van der Waals surface area contributed by atoms with E-state index < -0.39 is 26.7 Å². The summed E-state index contributed by atoms with van der Waals surface area (Å²) in [5.74, 6) is -1.04. The van der Waals surface area contributed by atoms with Crippen LogP contribution in [0.25, 0.3) is 10.8 Å². The van der Waals surface area contributed by atoms with Gasteiger partial charge in [0.05, 0.1) is 10.4 Å². The van der Waals surface area contributed by atoms with Crippen molar-refractivity contribution in [3.63, 3.8) is 0 Å². The molecule has 1 aliphatic carbocycles. The number of nitrogens with one attached hydrogen (secondary N) is 3. The van der Waals surface area contributed by atoms with E-state index in [0.717, 1.165) is 41.2 Å². The Morgan fingerprint density at radius 1 is 1.10 bits per heavy atom. The van der Waals surface area contributed by atoms with Crippen LogP contribution in [0, 0.1) is 5.41 Å². The molecule has 2 aromatic carbocycles. The largest absolute Gasteiger partial charge is 0.385 e. The monoisotopic (exact) mass is 591 g/mol. The van der Waals surface area contributed by atoms with Crippen LogP contribution in [0.3, 0.4) is 0 Å². The normalized spacial score (nSPS) is 24.0. The van der Waals surface area contributed by atoms with Gasteiger partial charge in [0.1, 0.15) is 6.04 Å². The van der Waals surface area contributed by atoms with Gasteiger partial charge in [0, 0.05) is 54.8 Å². The Kier molecular flexibility index (Phi) is 7.00. The maximum Gasteiger partial charge on any atom is 0.259 e. The quantitative estimate of drug-likeness (QED) is 0.318. The van der Waals surface area contributed by atoms with Crippen molar-refractivity contribution in [2.45, 2.75) is 81.5 Å². The van der Waals surface area contributed by atoms with Crippen LogP contribution < -0.4 is 15.5 Å². The fourth-order valence-electron chi connectivity index (χ4n) is 6.70. The maximum atomic E-state index is 13.4. The Morgan fingerprint density at radius 3 is 2.48 bits per heavy atom. The van der Waals surface area contributed by atoms with Crippen molar-refractivity contribution in [3.05, 3.63) is 53.2 Å². The minimum atomic E-state index is -3.31. The van der Waals surface area contributed by atoms with E-state index in [-0.39, 0.29) is 30.2 Å². The molecular weight excluding hydrogens is 554 g/mol. The Balaban J connectivity index is 1.19. The topological polar surface area (TPSA) is 140 Å². The summed E-state index contributed by atoms with van der Waals surface area (Å²) >= 11 is 0. The van der Waals surface area contributed by atoms with E-state index >= 15 is 0 Å². The zero-order chi connectivity index (χ0) is 29.9. The highest BCUT2D eigenvalue weighted by atomic mass is 32.2.